The summed E-state index contributed by atoms with van der Waals surface area (Å²) in [5.74, 6) is -21.2. The predicted octanol–water partition coefficient (Wildman–Crippen LogP) is 7.51. The largest absolute Gasteiger partial charge is 0.439 e. The third kappa shape index (κ3) is 4.48. The molecule has 5 unspecified atom stereocenters. The molecule has 0 bridgehead atoms. The van der Waals surface area contributed by atoms with Gasteiger partial charge in [-0.25, -0.2) is 17.9 Å². The molecule has 0 radical (unpaired) electrons. The third-order valence-corrected chi connectivity index (χ3v) is 6.79. The van der Waals surface area contributed by atoms with Crippen LogP contribution in [0.25, 0.3) is 0 Å². The molecule has 45 heavy (non-hydrogen) atoms. The summed E-state index contributed by atoms with van der Waals surface area (Å²) in [6.45, 7) is 0. The second kappa shape index (κ2) is 9.62. The fourth-order valence-corrected chi connectivity index (χ4v) is 4.38. The SMILES string of the molecule is FC(N1C(F)(F)C(F)(F)C(F)(F)C1(F)F)C(F)(F)C1CCC(C(F)(C(F)N2C(F)(F)C(F)(F)OC(F)(F)C2(F)F)C(F)(F)F)O1. The molecule has 0 amide bonds. The smallest absolute Gasteiger partial charge is 0.365 e. The van der Waals surface area contributed by atoms with Gasteiger partial charge in [-0.2, -0.15) is 92.2 Å². The van der Waals surface area contributed by atoms with Gasteiger partial charge in [0.1, 0.15) is 12.2 Å². The summed E-state index contributed by atoms with van der Waals surface area (Å²) in [5.41, 5.74) is -6.89. The van der Waals surface area contributed by atoms with Crippen LogP contribution in [0.2, 0.25) is 0 Å². The zero-order chi connectivity index (χ0) is 35.8. The van der Waals surface area contributed by atoms with E-state index in [0.717, 1.165) is 0 Å². The molecular formula is C17H8F24N2O2. The summed E-state index contributed by atoms with van der Waals surface area (Å²) in [5, 5.41) is 0. The highest BCUT2D eigenvalue weighted by molar-refractivity contribution is 5.15. The van der Waals surface area contributed by atoms with Crippen LogP contribution in [0.3, 0.4) is 0 Å². The van der Waals surface area contributed by atoms with Gasteiger partial charge in [-0.05, 0) is 12.8 Å². The summed E-state index contributed by atoms with van der Waals surface area (Å²) >= 11 is 0. The first-order valence-electron chi connectivity index (χ1n) is 10.9. The molecule has 3 aliphatic heterocycles. The molecule has 3 rings (SSSR count). The van der Waals surface area contributed by atoms with Gasteiger partial charge in [0.05, 0.1) is 0 Å². The molecule has 3 heterocycles. The highest BCUT2D eigenvalue weighted by atomic mass is 19.4. The van der Waals surface area contributed by atoms with Crippen molar-refractivity contribution in [1.29, 1.82) is 0 Å². The Morgan fingerprint density at radius 3 is 1.20 bits per heavy atom. The van der Waals surface area contributed by atoms with E-state index in [1.54, 1.807) is 0 Å². The Hall–Kier alpha value is -1.84. The van der Waals surface area contributed by atoms with Gasteiger partial charge in [-0.1, -0.05) is 0 Å². The van der Waals surface area contributed by atoms with Gasteiger partial charge < -0.3 is 4.74 Å². The Bertz CT molecular complexity index is 1100. The Balaban J connectivity index is 2.06. The van der Waals surface area contributed by atoms with E-state index in [1.807, 2.05) is 4.74 Å². The average molecular weight is 728 g/mol. The maximum Gasteiger partial charge on any atom is 0.439 e. The van der Waals surface area contributed by atoms with Gasteiger partial charge in [0.15, 0.2) is 0 Å². The van der Waals surface area contributed by atoms with Gasteiger partial charge in [-0.15, -0.1) is 9.80 Å². The molecular weight excluding hydrogens is 720 g/mol. The summed E-state index contributed by atoms with van der Waals surface area (Å²) in [6, 6.07) is -29.3. The lowest BCUT2D eigenvalue weighted by Gasteiger charge is -2.50. The lowest BCUT2D eigenvalue weighted by atomic mass is 9.92. The molecule has 0 aromatic heterocycles. The highest BCUT2D eigenvalue weighted by Crippen LogP contribution is 2.65. The van der Waals surface area contributed by atoms with E-state index >= 15 is 4.39 Å². The van der Waals surface area contributed by atoms with Gasteiger partial charge in [0, 0.05) is 0 Å². The molecule has 3 aliphatic rings. The van der Waals surface area contributed by atoms with Crippen LogP contribution in [0.15, 0.2) is 0 Å². The number of morpholine rings is 1. The molecule has 3 saturated heterocycles. The number of hydrogen-bond acceptors (Lipinski definition) is 4. The number of likely N-dealkylation sites (tertiary alicyclic amines) is 1. The molecule has 0 saturated carbocycles. The van der Waals surface area contributed by atoms with Crippen molar-refractivity contribution in [2.75, 3.05) is 0 Å². The zero-order valence-electron chi connectivity index (χ0n) is 20.0. The van der Waals surface area contributed by atoms with Gasteiger partial charge in [-0.3, -0.25) is 0 Å². The molecule has 0 aromatic carbocycles. The molecule has 3 fully saturated rings. The standard InChI is InChI=1S/C17H8F24N2O2/c18-5(42-14(34,35)16(38,39)45-17(40,41)15(42,36)37)7(20,11(27,28)29)3-1-2-4(44-3)8(21,22)6(19)43-12(30,31)9(23,24)10(25,26)13(43,32)33/h3-6H,1-2H2. The third-order valence-electron chi connectivity index (χ3n) is 6.79. The number of rotatable bonds is 6. The molecule has 28 heteroatoms. The van der Waals surface area contributed by atoms with Crippen molar-refractivity contribution in [2.45, 2.75) is 104 Å². The molecule has 0 spiro atoms. The van der Waals surface area contributed by atoms with Crippen molar-refractivity contribution in [3.8, 4) is 0 Å². The van der Waals surface area contributed by atoms with E-state index in [4.69, 9.17) is 0 Å². The van der Waals surface area contributed by atoms with Crippen LogP contribution in [0.4, 0.5) is 105 Å². The van der Waals surface area contributed by atoms with E-state index in [0.29, 0.717) is 0 Å². The van der Waals surface area contributed by atoms with Crippen molar-refractivity contribution in [3.63, 3.8) is 0 Å². The van der Waals surface area contributed by atoms with Gasteiger partial charge >= 0.3 is 60.3 Å². The van der Waals surface area contributed by atoms with Crippen LogP contribution < -0.4 is 0 Å². The maximum absolute atomic E-state index is 15.2. The number of nitrogens with zero attached hydrogens (tertiary/aromatic N) is 2. The number of halogens is 24. The molecule has 0 N–H and O–H groups in total. The number of alkyl halides is 24. The Kier molecular flexibility index (Phi) is 8.04. The number of ether oxygens (including phenoxy) is 2. The molecule has 0 aromatic rings. The summed E-state index contributed by atoms with van der Waals surface area (Å²) in [7, 11) is 0. The van der Waals surface area contributed by atoms with Crippen molar-refractivity contribution in [1.82, 2.24) is 9.80 Å². The predicted molar refractivity (Wildman–Crippen MR) is 86.9 cm³/mol. The monoisotopic (exact) mass is 728 g/mol. The highest BCUT2D eigenvalue weighted by Gasteiger charge is 2.95. The second-order valence-electron chi connectivity index (χ2n) is 9.49. The lowest BCUT2D eigenvalue weighted by Crippen LogP contribution is -2.79. The molecule has 5 atom stereocenters. The van der Waals surface area contributed by atoms with Crippen LogP contribution >= 0.6 is 0 Å². The summed E-state index contributed by atoms with van der Waals surface area (Å²) < 4.78 is 337. The van der Waals surface area contributed by atoms with Crippen molar-refractivity contribution >= 4 is 0 Å². The van der Waals surface area contributed by atoms with E-state index in [9.17, 15) is 101 Å². The van der Waals surface area contributed by atoms with E-state index < -0.39 is 113 Å². The normalized spacial score (nSPS) is 34.7. The molecule has 4 nitrogen and oxygen atoms in total. The fourth-order valence-electron chi connectivity index (χ4n) is 4.38. The quantitative estimate of drug-likeness (QED) is 0.209. The first kappa shape index (κ1) is 37.6. The van der Waals surface area contributed by atoms with Crippen LogP contribution in [0.5, 0.6) is 0 Å². The second-order valence-corrected chi connectivity index (χ2v) is 9.49. The Morgan fingerprint density at radius 2 is 0.844 bits per heavy atom. The average Bonchev–Trinajstić information content (AvgIpc) is 3.33. The minimum absolute atomic E-state index is 1.81. The minimum atomic E-state index is -7.45. The molecule has 266 valence electrons. The maximum atomic E-state index is 15.2. The zero-order valence-corrected chi connectivity index (χ0v) is 20.0. The van der Waals surface area contributed by atoms with Crippen molar-refractivity contribution < 1.29 is 115 Å². The fraction of sp³-hybridized carbons (Fsp3) is 1.00. The van der Waals surface area contributed by atoms with Gasteiger partial charge in [0.25, 0.3) is 5.67 Å². The Labute approximate surface area is 229 Å². The summed E-state index contributed by atoms with van der Waals surface area (Å²) in [6.07, 6.45) is -47.2. The Morgan fingerprint density at radius 1 is 0.511 bits per heavy atom. The first-order chi connectivity index (χ1) is 19.5. The van der Waals surface area contributed by atoms with Crippen LogP contribution in [-0.2, 0) is 9.47 Å². The van der Waals surface area contributed by atoms with E-state index in [-0.39, 0.29) is 0 Å². The van der Waals surface area contributed by atoms with Crippen molar-refractivity contribution in [3.05, 3.63) is 0 Å². The molecule has 0 aliphatic carbocycles. The van der Waals surface area contributed by atoms with Crippen LogP contribution in [-0.4, -0.2) is 101 Å². The minimum Gasteiger partial charge on any atom is -0.365 e. The lowest BCUT2D eigenvalue weighted by molar-refractivity contribution is -0.576. The van der Waals surface area contributed by atoms with E-state index in [1.165, 1.54) is 0 Å². The van der Waals surface area contributed by atoms with E-state index in [2.05, 4.69) is 4.74 Å². The summed E-state index contributed by atoms with van der Waals surface area (Å²) in [4.78, 5) is -7.18. The topological polar surface area (TPSA) is 24.9 Å². The van der Waals surface area contributed by atoms with Crippen LogP contribution in [0.1, 0.15) is 12.8 Å². The number of hydrogen-bond donors (Lipinski definition) is 0. The van der Waals surface area contributed by atoms with Gasteiger partial charge in [0.2, 0.25) is 12.6 Å². The van der Waals surface area contributed by atoms with Crippen molar-refractivity contribution in [2.24, 2.45) is 0 Å². The first-order valence-corrected chi connectivity index (χ1v) is 10.9. The van der Waals surface area contributed by atoms with Crippen LogP contribution in [0, 0.1) is 0 Å².